The monoisotopic (exact) mass is 590 g/mol. The molecule has 0 aromatic carbocycles. The average Bonchev–Trinajstić information content (AvgIpc) is 3.01. The Morgan fingerprint density at radius 1 is 0.786 bits per heavy atom. The van der Waals surface area contributed by atoms with E-state index in [9.17, 15) is 19.8 Å². The lowest BCUT2D eigenvalue weighted by Gasteiger charge is -2.45. The van der Waals surface area contributed by atoms with Crippen LogP contribution in [0.5, 0.6) is 0 Å². The van der Waals surface area contributed by atoms with E-state index in [1.54, 1.807) is 6.92 Å². The van der Waals surface area contributed by atoms with Gasteiger partial charge < -0.3 is 19.7 Å². The minimum absolute atomic E-state index is 0.170. The number of aliphatic hydroxyl groups excluding tert-OH is 2. The van der Waals surface area contributed by atoms with E-state index >= 15 is 0 Å². The normalized spacial score (nSPS) is 24.1. The summed E-state index contributed by atoms with van der Waals surface area (Å²) in [6.45, 7) is 13.6. The fourth-order valence-corrected chi connectivity index (χ4v) is 7.57. The molecule has 242 valence electrons. The maximum Gasteiger partial charge on any atom is 0.333 e. The number of carbonyl (C=O) groups is 2. The number of hydrogen-bond acceptors (Lipinski definition) is 6. The van der Waals surface area contributed by atoms with Crippen LogP contribution in [0, 0.1) is 35.0 Å². The summed E-state index contributed by atoms with van der Waals surface area (Å²) in [7, 11) is 0. The molecule has 1 atom stereocenters. The van der Waals surface area contributed by atoms with E-state index in [0.29, 0.717) is 11.5 Å². The first-order valence-electron chi connectivity index (χ1n) is 17.1. The molecular weight excluding hydrogens is 528 g/mol. The molecule has 42 heavy (non-hydrogen) atoms. The number of unbranched alkanes of at least 4 members (excludes halogenated alkanes) is 4. The molecule has 0 spiro atoms. The van der Waals surface area contributed by atoms with Gasteiger partial charge >= 0.3 is 11.9 Å². The number of esters is 2. The van der Waals surface area contributed by atoms with Crippen molar-refractivity contribution in [3.05, 3.63) is 24.3 Å². The van der Waals surface area contributed by atoms with Gasteiger partial charge in [-0.25, -0.2) is 9.59 Å². The zero-order valence-corrected chi connectivity index (χ0v) is 27.2. The first-order valence-corrected chi connectivity index (χ1v) is 17.1. The van der Waals surface area contributed by atoms with E-state index in [-0.39, 0.29) is 38.4 Å². The molecule has 0 saturated heterocycles. The van der Waals surface area contributed by atoms with Crippen molar-refractivity contribution in [2.45, 2.75) is 130 Å². The summed E-state index contributed by atoms with van der Waals surface area (Å²) in [5, 5.41) is 18.8. The molecule has 1 unspecified atom stereocenters. The molecular formula is C36H62O6. The van der Waals surface area contributed by atoms with E-state index in [1.165, 1.54) is 77.0 Å². The van der Waals surface area contributed by atoms with Crippen molar-refractivity contribution < 1.29 is 29.3 Å². The van der Waals surface area contributed by atoms with Crippen LogP contribution in [0.15, 0.2) is 24.3 Å². The number of ether oxygens (including phenoxy) is 2. The van der Waals surface area contributed by atoms with Crippen molar-refractivity contribution in [3.8, 4) is 0 Å². The Morgan fingerprint density at radius 2 is 1.33 bits per heavy atom. The SMILES string of the molecule is C=C(C)C(=O)OCC(CCC)(COC(=O)C(=C)CC(CO)CO)C1CCC(C2CCC(CCCCCCC)CC2)CC1. The van der Waals surface area contributed by atoms with Crippen molar-refractivity contribution in [1.29, 1.82) is 0 Å². The Morgan fingerprint density at radius 3 is 1.86 bits per heavy atom. The van der Waals surface area contributed by atoms with Crippen molar-refractivity contribution >= 4 is 11.9 Å². The lowest BCUT2D eigenvalue weighted by atomic mass is 9.62. The first kappa shape index (κ1) is 36.5. The maximum atomic E-state index is 12.9. The van der Waals surface area contributed by atoms with Crippen LogP contribution in [0.4, 0.5) is 0 Å². The van der Waals surface area contributed by atoms with Gasteiger partial charge in [-0.05, 0) is 82.0 Å². The zero-order valence-electron chi connectivity index (χ0n) is 27.2. The van der Waals surface area contributed by atoms with Gasteiger partial charge in [-0.1, -0.05) is 84.8 Å². The van der Waals surface area contributed by atoms with Gasteiger partial charge in [0.1, 0.15) is 13.2 Å². The molecule has 0 aromatic heterocycles. The highest BCUT2D eigenvalue weighted by Gasteiger charge is 2.44. The highest BCUT2D eigenvalue weighted by atomic mass is 16.5. The third kappa shape index (κ3) is 11.8. The largest absolute Gasteiger partial charge is 0.462 e. The van der Waals surface area contributed by atoms with Gasteiger partial charge in [0.05, 0.1) is 0 Å². The van der Waals surface area contributed by atoms with E-state index < -0.39 is 23.3 Å². The summed E-state index contributed by atoms with van der Waals surface area (Å²) in [5.74, 6) is 1.47. The van der Waals surface area contributed by atoms with Gasteiger partial charge in [0, 0.05) is 35.7 Å². The Balaban J connectivity index is 1.99. The lowest BCUT2D eigenvalue weighted by Crippen LogP contribution is -2.43. The van der Waals surface area contributed by atoms with Crippen molar-refractivity contribution in [3.63, 3.8) is 0 Å². The summed E-state index contributed by atoms with van der Waals surface area (Å²) in [5.41, 5.74) is 0.154. The molecule has 6 nitrogen and oxygen atoms in total. The molecule has 6 heteroatoms. The second kappa shape index (κ2) is 19.6. The highest BCUT2D eigenvalue weighted by Crippen LogP contribution is 2.48. The summed E-state index contributed by atoms with van der Waals surface area (Å²) >= 11 is 0. The number of hydrogen-bond donors (Lipinski definition) is 2. The Hall–Kier alpha value is -1.66. The van der Waals surface area contributed by atoms with Gasteiger partial charge in [0.2, 0.25) is 0 Å². The van der Waals surface area contributed by atoms with Crippen LogP contribution in [-0.4, -0.2) is 48.6 Å². The fourth-order valence-electron chi connectivity index (χ4n) is 7.57. The van der Waals surface area contributed by atoms with E-state index in [2.05, 4.69) is 27.0 Å². The molecule has 0 radical (unpaired) electrons. The number of carbonyl (C=O) groups excluding carboxylic acids is 2. The standard InChI is InChI=1S/C36H62O6/c1-6-8-9-10-11-12-29-13-15-31(16-14-29)32-17-19-33(20-18-32)36(21-7-2,25-41-34(39)27(3)4)26-42-35(40)28(5)22-30(23-37)24-38/h29-33,37-38H,3,5-26H2,1-2,4H3. The molecule has 2 rings (SSSR count). The van der Waals surface area contributed by atoms with Crippen LogP contribution in [0.1, 0.15) is 130 Å². The molecule has 0 heterocycles. The smallest absolute Gasteiger partial charge is 0.333 e. The van der Waals surface area contributed by atoms with Gasteiger partial charge in [-0.15, -0.1) is 0 Å². The molecule has 2 aliphatic rings. The predicted molar refractivity (Wildman–Crippen MR) is 170 cm³/mol. The summed E-state index contributed by atoms with van der Waals surface area (Å²) in [4.78, 5) is 25.3. The Kier molecular flexibility index (Phi) is 17.0. The van der Waals surface area contributed by atoms with Crippen molar-refractivity contribution in [1.82, 2.24) is 0 Å². The highest BCUT2D eigenvalue weighted by molar-refractivity contribution is 5.88. The molecule has 2 N–H and O–H groups in total. The van der Waals surface area contributed by atoms with Crippen LogP contribution < -0.4 is 0 Å². The first-order chi connectivity index (χ1) is 20.2. The molecule has 2 saturated carbocycles. The molecule has 2 aliphatic carbocycles. The van der Waals surface area contributed by atoms with E-state index in [4.69, 9.17) is 9.47 Å². The second-order valence-electron chi connectivity index (χ2n) is 13.7. The van der Waals surface area contributed by atoms with Crippen LogP contribution in [0.3, 0.4) is 0 Å². The zero-order chi connectivity index (χ0) is 31.0. The van der Waals surface area contributed by atoms with Gasteiger partial charge in [0.15, 0.2) is 0 Å². The quantitative estimate of drug-likeness (QED) is 0.0849. The predicted octanol–water partition coefficient (Wildman–Crippen LogP) is 7.96. The van der Waals surface area contributed by atoms with Crippen LogP contribution in [0.25, 0.3) is 0 Å². The van der Waals surface area contributed by atoms with E-state index in [1.807, 2.05) is 0 Å². The molecule has 0 amide bonds. The summed E-state index contributed by atoms with van der Waals surface area (Å²) in [6, 6.07) is 0. The third-order valence-corrected chi connectivity index (χ3v) is 10.3. The number of rotatable bonds is 20. The second-order valence-corrected chi connectivity index (χ2v) is 13.7. The van der Waals surface area contributed by atoms with Crippen molar-refractivity contribution in [2.75, 3.05) is 26.4 Å². The topological polar surface area (TPSA) is 93.1 Å². The third-order valence-electron chi connectivity index (χ3n) is 10.3. The van der Waals surface area contributed by atoms with Gasteiger partial charge in [0.25, 0.3) is 0 Å². The molecule has 0 aromatic rings. The van der Waals surface area contributed by atoms with Crippen molar-refractivity contribution in [2.24, 2.45) is 35.0 Å². The Bertz CT molecular complexity index is 817. The Labute approximate surface area is 256 Å². The maximum absolute atomic E-state index is 12.9. The molecule has 0 aliphatic heterocycles. The van der Waals surface area contributed by atoms with Crippen LogP contribution >= 0.6 is 0 Å². The fraction of sp³-hybridized carbons (Fsp3) is 0.833. The minimum atomic E-state index is -0.510. The molecule has 2 fully saturated rings. The number of aliphatic hydroxyl groups is 2. The van der Waals surface area contributed by atoms with E-state index in [0.717, 1.165) is 43.4 Å². The lowest BCUT2D eigenvalue weighted by molar-refractivity contribution is -0.155. The van der Waals surface area contributed by atoms with Gasteiger partial charge in [-0.3, -0.25) is 0 Å². The van der Waals surface area contributed by atoms with Gasteiger partial charge in [-0.2, -0.15) is 0 Å². The molecule has 0 bridgehead atoms. The van der Waals surface area contributed by atoms with Crippen LogP contribution in [0.2, 0.25) is 0 Å². The minimum Gasteiger partial charge on any atom is -0.462 e. The van der Waals surface area contributed by atoms with Crippen LogP contribution in [-0.2, 0) is 19.1 Å². The summed E-state index contributed by atoms with van der Waals surface area (Å²) in [6.07, 6.45) is 20.2. The average molecular weight is 591 g/mol. The summed E-state index contributed by atoms with van der Waals surface area (Å²) < 4.78 is 11.6.